The minimum Gasteiger partial charge on any atom is -0.388 e. The summed E-state index contributed by atoms with van der Waals surface area (Å²) in [6, 6.07) is 3.85. The molecule has 0 fully saturated rings. The molecule has 0 aromatic carbocycles. The molecular weight excluding hydrogens is 138 g/mol. The van der Waals surface area contributed by atoms with Crippen LogP contribution in [0.25, 0.3) is 0 Å². The summed E-state index contributed by atoms with van der Waals surface area (Å²) in [7, 11) is 0. The van der Waals surface area contributed by atoms with Crippen LogP contribution in [0.3, 0.4) is 0 Å². The molecule has 2 rings (SSSR count). The van der Waals surface area contributed by atoms with E-state index >= 15 is 0 Å². The monoisotopic (exact) mass is 149 g/mol. The average Bonchev–Trinajstić information content (AvgIpc) is 2.06. The Morgan fingerprint density at radius 2 is 2.45 bits per heavy atom. The summed E-state index contributed by atoms with van der Waals surface area (Å²) >= 11 is 0. The Hall–Kier alpha value is -0.890. The largest absolute Gasteiger partial charge is 0.388 e. The zero-order chi connectivity index (χ0) is 7.68. The molecular formula is C9H11NO. The van der Waals surface area contributed by atoms with Crippen LogP contribution in [0.1, 0.15) is 30.2 Å². The first kappa shape index (κ1) is 6.80. The summed E-state index contributed by atoms with van der Waals surface area (Å²) in [5, 5.41) is 9.52. The van der Waals surface area contributed by atoms with Crippen LogP contribution in [-0.4, -0.2) is 10.1 Å². The van der Waals surface area contributed by atoms with Gasteiger partial charge in [-0.3, -0.25) is 4.98 Å². The van der Waals surface area contributed by atoms with Crippen LogP contribution in [0.15, 0.2) is 18.3 Å². The number of nitrogens with zero attached hydrogens (tertiary/aromatic N) is 1. The van der Waals surface area contributed by atoms with Gasteiger partial charge in [0.1, 0.15) is 0 Å². The van der Waals surface area contributed by atoms with E-state index in [1.807, 2.05) is 12.1 Å². The Bertz CT molecular complexity index is 259. The maximum absolute atomic E-state index is 9.52. The highest BCUT2D eigenvalue weighted by Gasteiger charge is 2.17. The minimum atomic E-state index is -0.271. The van der Waals surface area contributed by atoms with E-state index in [4.69, 9.17) is 0 Å². The van der Waals surface area contributed by atoms with Crippen molar-refractivity contribution in [3.63, 3.8) is 0 Å². The van der Waals surface area contributed by atoms with E-state index in [-0.39, 0.29) is 6.10 Å². The molecule has 1 aliphatic rings. The highest BCUT2D eigenvalue weighted by molar-refractivity contribution is 5.24. The van der Waals surface area contributed by atoms with Gasteiger partial charge >= 0.3 is 0 Å². The predicted molar refractivity (Wildman–Crippen MR) is 42.1 cm³/mol. The maximum atomic E-state index is 9.52. The highest BCUT2D eigenvalue weighted by atomic mass is 16.3. The molecule has 11 heavy (non-hydrogen) atoms. The van der Waals surface area contributed by atoms with Crippen molar-refractivity contribution in [3.05, 3.63) is 29.6 Å². The summed E-state index contributed by atoms with van der Waals surface area (Å²) in [4.78, 5) is 4.21. The first-order valence-corrected chi connectivity index (χ1v) is 4.00. The van der Waals surface area contributed by atoms with Gasteiger partial charge in [0.05, 0.1) is 6.10 Å². The molecule has 1 aliphatic carbocycles. The second-order valence-corrected chi connectivity index (χ2v) is 2.95. The Morgan fingerprint density at radius 1 is 1.55 bits per heavy atom. The Balaban J connectivity index is 2.44. The fourth-order valence-corrected chi connectivity index (χ4v) is 1.58. The Kier molecular flexibility index (Phi) is 1.62. The topological polar surface area (TPSA) is 33.1 Å². The van der Waals surface area contributed by atoms with Gasteiger partial charge in [-0.15, -0.1) is 0 Å². The zero-order valence-electron chi connectivity index (χ0n) is 6.33. The lowest BCUT2D eigenvalue weighted by Gasteiger charge is -2.19. The maximum Gasteiger partial charge on any atom is 0.0807 e. The molecule has 0 spiro atoms. The normalized spacial score (nSPS) is 22.8. The van der Waals surface area contributed by atoms with Crippen molar-refractivity contribution in [2.75, 3.05) is 0 Å². The third kappa shape index (κ3) is 1.14. The van der Waals surface area contributed by atoms with Crippen LogP contribution in [0.5, 0.6) is 0 Å². The summed E-state index contributed by atoms with van der Waals surface area (Å²) in [5.41, 5.74) is 2.10. The van der Waals surface area contributed by atoms with Gasteiger partial charge < -0.3 is 5.11 Å². The second kappa shape index (κ2) is 2.62. The van der Waals surface area contributed by atoms with Gasteiger partial charge in [0.25, 0.3) is 0 Å². The molecule has 1 N–H and O–H groups in total. The lowest BCUT2D eigenvalue weighted by atomic mass is 9.94. The first-order valence-electron chi connectivity index (χ1n) is 4.00. The SMILES string of the molecule is O[C@H]1CCCc2ncccc21. The predicted octanol–water partition coefficient (Wildman–Crippen LogP) is 1.45. The van der Waals surface area contributed by atoms with Gasteiger partial charge in [0, 0.05) is 17.5 Å². The van der Waals surface area contributed by atoms with E-state index in [0.29, 0.717) is 0 Å². The molecule has 0 saturated heterocycles. The molecule has 1 aromatic rings. The molecule has 2 heteroatoms. The number of rotatable bonds is 0. The van der Waals surface area contributed by atoms with E-state index < -0.39 is 0 Å². The summed E-state index contributed by atoms with van der Waals surface area (Å²) in [5.74, 6) is 0. The quantitative estimate of drug-likeness (QED) is 0.605. The summed E-state index contributed by atoms with van der Waals surface area (Å²) in [6.07, 6.45) is 4.49. The molecule has 0 bridgehead atoms. The zero-order valence-corrected chi connectivity index (χ0v) is 6.33. The molecule has 1 atom stereocenters. The number of aliphatic hydroxyl groups excluding tert-OH is 1. The lowest BCUT2D eigenvalue weighted by molar-refractivity contribution is 0.155. The third-order valence-electron chi connectivity index (χ3n) is 2.18. The molecule has 0 aliphatic heterocycles. The van der Waals surface area contributed by atoms with E-state index in [0.717, 1.165) is 30.5 Å². The van der Waals surface area contributed by atoms with E-state index in [9.17, 15) is 5.11 Å². The van der Waals surface area contributed by atoms with Crippen molar-refractivity contribution in [1.29, 1.82) is 0 Å². The number of hydrogen-bond acceptors (Lipinski definition) is 2. The molecule has 1 heterocycles. The number of fused-ring (bicyclic) bond motifs is 1. The number of aryl methyl sites for hydroxylation is 1. The molecule has 58 valence electrons. The first-order chi connectivity index (χ1) is 5.38. The number of aromatic nitrogens is 1. The molecule has 0 amide bonds. The number of hydrogen-bond donors (Lipinski definition) is 1. The van der Waals surface area contributed by atoms with E-state index in [1.165, 1.54) is 0 Å². The van der Waals surface area contributed by atoms with Crippen LogP contribution >= 0.6 is 0 Å². The second-order valence-electron chi connectivity index (χ2n) is 2.95. The third-order valence-corrected chi connectivity index (χ3v) is 2.18. The van der Waals surface area contributed by atoms with Crippen molar-refractivity contribution in [2.24, 2.45) is 0 Å². The van der Waals surface area contributed by atoms with Gasteiger partial charge in [0.15, 0.2) is 0 Å². The van der Waals surface area contributed by atoms with Crippen molar-refractivity contribution < 1.29 is 5.11 Å². The Morgan fingerprint density at radius 3 is 3.27 bits per heavy atom. The van der Waals surface area contributed by atoms with Gasteiger partial charge in [-0.1, -0.05) is 6.07 Å². The van der Waals surface area contributed by atoms with Gasteiger partial charge in [-0.05, 0) is 25.3 Å². The van der Waals surface area contributed by atoms with Crippen LogP contribution < -0.4 is 0 Å². The molecule has 0 saturated carbocycles. The number of aliphatic hydroxyl groups is 1. The van der Waals surface area contributed by atoms with Crippen molar-refractivity contribution in [1.82, 2.24) is 4.98 Å². The van der Waals surface area contributed by atoms with Crippen molar-refractivity contribution in [2.45, 2.75) is 25.4 Å². The molecule has 2 nitrogen and oxygen atoms in total. The Labute approximate surface area is 65.9 Å². The molecule has 1 aromatic heterocycles. The summed E-state index contributed by atoms with van der Waals surface area (Å²) < 4.78 is 0. The van der Waals surface area contributed by atoms with Gasteiger partial charge in [0.2, 0.25) is 0 Å². The number of pyridine rings is 1. The average molecular weight is 149 g/mol. The van der Waals surface area contributed by atoms with E-state index in [1.54, 1.807) is 6.20 Å². The van der Waals surface area contributed by atoms with Crippen LogP contribution in [-0.2, 0) is 6.42 Å². The van der Waals surface area contributed by atoms with Crippen molar-refractivity contribution >= 4 is 0 Å². The summed E-state index contributed by atoms with van der Waals surface area (Å²) in [6.45, 7) is 0. The fourth-order valence-electron chi connectivity index (χ4n) is 1.58. The standard InChI is InChI=1S/C9H11NO/c11-9-5-1-4-8-7(9)3-2-6-10-8/h2-3,6,9,11H,1,4-5H2/t9-/m0/s1. The van der Waals surface area contributed by atoms with Crippen LogP contribution in [0.4, 0.5) is 0 Å². The van der Waals surface area contributed by atoms with Crippen LogP contribution in [0, 0.1) is 0 Å². The molecule has 0 radical (unpaired) electrons. The minimum absolute atomic E-state index is 0.271. The van der Waals surface area contributed by atoms with E-state index in [2.05, 4.69) is 4.98 Å². The van der Waals surface area contributed by atoms with Gasteiger partial charge in [-0.2, -0.15) is 0 Å². The van der Waals surface area contributed by atoms with Gasteiger partial charge in [-0.25, -0.2) is 0 Å². The highest BCUT2D eigenvalue weighted by Crippen LogP contribution is 2.27. The van der Waals surface area contributed by atoms with Crippen molar-refractivity contribution in [3.8, 4) is 0 Å². The van der Waals surface area contributed by atoms with Crippen LogP contribution in [0.2, 0.25) is 0 Å². The molecule has 0 unspecified atom stereocenters. The lowest BCUT2D eigenvalue weighted by Crippen LogP contribution is -2.10. The smallest absolute Gasteiger partial charge is 0.0807 e. The fraction of sp³-hybridized carbons (Fsp3) is 0.444.